The molecule has 0 aromatic heterocycles. The van der Waals surface area contributed by atoms with Gasteiger partial charge in [-0.2, -0.15) is 0 Å². The van der Waals surface area contributed by atoms with Crippen molar-refractivity contribution in [3.63, 3.8) is 0 Å². The SMILES string of the molecule is C.C.C.C.C.CC1CC(C(C)(C)C)CC1C.CC1CC(C)C(C(C)(C)C)C1.CC1CCC(C(C)(C)C)C1C.Cc1ccc(C(C)(C)C)cc1C.Cc1cccc(C(C)(C)C)c1C. The molecule has 3 saturated carbocycles. The number of hydrogen-bond donors (Lipinski definition) is 0. The van der Waals surface area contributed by atoms with Gasteiger partial charge >= 0.3 is 0 Å². The minimum atomic E-state index is 0. The Labute approximate surface area is 397 Å². The van der Waals surface area contributed by atoms with Crippen LogP contribution in [0.1, 0.15) is 254 Å². The zero-order valence-electron chi connectivity index (χ0n) is 43.4. The molecule has 0 amide bonds. The van der Waals surface area contributed by atoms with E-state index in [0.717, 1.165) is 53.3 Å². The van der Waals surface area contributed by atoms with Gasteiger partial charge in [0, 0.05) is 0 Å². The Kier molecular flexibility index (Phi) is 31.2. The zero-order chi connectivity index (χ0) is 44.6. The highest BCUT2D eigenvalue weighted by Crippen LogP contribution is 2.47. The van der Waals surface area contributed by atoms with Crippen LogP contribution in [-0.4, -0.2) is 0 Å². The topological polar surface area (TPSA) is 0 Å². The second-order valence-corrected chi connectivity index (χ2v) is 25.4. The summed E-state index contributed by atoms with van der Waals surface area (Å²) in [5, 5.41) is 0. The summed E-state index contributed by atoms with van der Waals surface area (Å²) in [5.41, 5.74) is 10.6. The van der Waals surface area contributed by atoms with E-state index in [-0.39, 0.29) is 48.0 Å². The van der Waals surface area contributed by atoms with E-state index in [1.807, 2.05) is 0 Å². The molecule has 0 heterocycles. The predicted octanol–water partition coefficient (Wildman–Crippen LogP) is 21.5. The number of benzene rings is 2. The monoisotopic (exact) mass is 867 g/mol. The molecule has 0 aliphatic heterocycles. The molecule has 0 bridgehead atoms. The summed E-state index contributed by atoms with van der Waals surface area (Å²) in [6.07, 6.45) is 8.69. The molecular weight excluding hydrogens is 745 g/mol. The highest BCUT2D eigenvalue weighted by molar-refractivity contribution is 5.37. The lowest BCUT2D eigenvalue weighted by atomic mass is 9.74. The van der Waals surface area contributed by atoms with Crippen LogP contribution >= 0.6 is 0 Å². The fourth-order valence-corrected chi connectivity index (χ4v) is 10.3. The largest absolute Gasteiger partial charge is 0.0776 e. The Hall–Kier alpha value is -1.56. The average Bonchev–Trinajstić information content (AvgIpc) is 3.70. The van der Waals surface area contributed by atoms with Crippen molar-refractivity contribution in [2.24, 2.45) is 69.5 Å². The third kappa shape index (κ3) is 22.6. The first-order valence-electron chi connectivity index (χ1n) is 23.7. The van der Waals surface area contributed by atoms with Gasteiger partial charge in [0.15, 0.2) is 0 Å². The van der Waals surface area contributed by atoms with Crippen LogP contribution in [0.5, 0.6) is 0 Å². The summed E-state index contributed by atoms with van der Waals surface area (Å²) in [4.78, 5) is 0. The first kappa shape index (κ1) is 69.5. The van der Waals surface area contributed by atoms with Crippen molar-refractivity contribution >= 4 is 0 Å². The number of aryl methyl sites for hydroxylation is 3. The second-order valence-electron chi connectivity index (χ2n) is 25.4. The van der Waals surface area contributed by atoms with Crippen LogP contribution in [0.4, 0.5) is 0 Å². The van der Waals surface area contributed by atoms with E-state index >= 15 is 0 Å². The van der Waals surface area contributed by atoms with Gasteiger partial charge in [0.05, 0.1) is 0 Å². The summed E-state index contributed by atoms with van der Waals surface area (Å²) in [6.45, 7) is 58.1. The molecule has 0 nitrogen and oxygen atoms in total. The molecule has 0 heteroatoms. The smallest absolute Gasteiger partial charge is 0.0129 e. The molecule has 0 saturated heterocycles. The Morgan fingerprint density at radius 1 is 0.419 bits per heavy atom. The van der Waals surface area contributed by atoms with Crippen LogP contribution in [-0.2, 0) is 10.8 Å². The van der Waals surface area contributed by atoms with Crippen molar-refractivity contribution in [3.8, 4) is 0 Å². The predicted molar refractivity (Wildman–Crippen MR) is 294 cm³/mol. The summed E-state index contributed by atoms with van der Waals surface area (Å²) >= 11 is 0. The van der Waals surface area contributed by atoms with Crippen LogP contribution in [0.3, 0.4) is 0 Å². The van der Waals surface area contributed by atoms with E-state index in [9.17, 15) is 0 Å². The molecule has 8 atom stereocenters. The van der Waals surface area contributed by atoms with E-state index in [4.69, 9.17) is 0 Å². The molecule has 0 spiro atoms. The van der Waals surface area contributed by atoms with Crippen molar-refractivity contribution in [2.45, 2.75) is 260 Å². The minimum Gasteiger partial charge on any atom is -0.0776 e. The van der Waals surface area contributed by atoms with Crippen molar-refractivity contribution in [1.82, 2.24) is 0 Å². The van der Waals surface area contributed by atoms with Crippen molar-refractivity contribution in [3.05, 3.63) is 69.8 Å². The van der Waals surface area contributed by atoms with E-state index in [0.29, 0.717) is 16.2 Å². The van der Waals surface area contributed by atoms with Gasteiger partial charge in [-0.1, -0.05) is 225 Å². The Balaban J connectivity index is -0.000000214. The van der Waals surface area contributed by atoms with E-state index in [1.165, 1.54) is 71.9 Å². The first-order valence-corrected chi connectivity index (χ1v) is 23.7. The summed E-state index contributed by atoms with van der Waals surface area (Å²) in [6, 6.07) is 13.3. The zero-order valence-corrected chi connectivity index (χ0v) is 43.4. The number of rotatable bonds is 0. The Morgan fingerprint density at radius 2 is 0.887 bits per heavy atom. The van der Waals surface area contributed by atoms with Crippen molar-refractivity contribution in [1.29, 1.82) is 0 Å². The first-order chi connectivity index (χ1) is 25.6. The molecule has 2 aromatic rings. The summed E-state index contributed by atoms with van der Waals surface area (Å²) < 4.78 is 0. The lowest BCUT2D eigenvalue weighted by Gasteiger charge is -2.31. The summed E-state index contributed by atoms with van der Waals surface area (Å²) in [5.74, 6) is 8.61. The molecule has 370 valence electrons. The van der Waals surface area contributed by atoms with Crippen molar-refractivity contribution < 1.29 is 0 Å². The van der Waals surface area contributed by atoms with Gasteiger partial charge in [0.1, 0.15) is 0 Å². The van der Waals surface area contributed by atoms with Crippen LogP contribution in [0, 0.1) is 97.2 Å². The highest BCUT2D eigenvalue weighted by atomic mass is 14.4. The van der Waals surface area contributed by atoms with Gasteiger partial charge in [-0.25, -0.2) is 0 Å². The fraction of sp³-hybridized carbons (Fsp3) is 0.806. The maximum Gasteiger partial charge on any atom is -0.0129 e. The van der Waals surface area contributed by atoms with E-state index in [2.05, 4.69) is 209 Å². The van der Waals surface area contributed by atoms with Crippen LogP contribution in [0.2, 0.25) is 0 Å². The third-order valence-corrected chi connectivity index (χ3v) is 15.1. The van der Waals surface area contributed by atoms with Crippen LogP contribution < -0.4 is 0 Å². The summed E-state index contributed by atoms with van der Waals surface area (Å²) in [7, 11) is 0. The maximum absolute atomic E-state index is 2.42. The lowest BCUT2D eigenvalue weighted by molar-refractivity contribution is 0.181. The third-order valence-electron chi connectivity index (χ3n) is 15.1. The molecule has 2 aromatic carbocycles. The molecule has 0 N–H and O–H groups in total. The molecule has 3 aliphatic carbocycles. The van der Waals surface area contributed by atoms with Gasteiger partial charge in [-0.3, -0.25) is 0 Å². The molecule has 3 fully saturated rings. The van der Waals surface area contributed by atoms with Gasteiger partial charge in [0.25, 0.3) is 0 Å². The van der Waals surface area contributed by atoms with Crippen molar-refractivity contribution in [2.75, 3.05) is 0 Å². The van der Waals surface area contributed by atoms with Gasteiger partial charge in [-0.05, 0) is 174 Å². The highest BCUT2D eigenvalue weighted by Gasteiger charge is 2.38. The molecule has 0 radical (unpaired) electrons. The van der Waals surface area contributed by atoms with Crippen LogP contribution in [0.15, 0.2) is 36.4 Å². The second kappa shape index (κ2) is 27.8. The molecule has 8 unspecified atom stereocenters. The van der Waals surface area contributed by atoms with Gasteiger partial charge in [-0.15, -0.1) is 0 Å². The fourth-order valence-electron chi connectivity index (χ4n) is 10.3. The average molecular weight is 868 g/mol. The molecule has 5 rings (SSSR count). The van der Waals surface area contributed by atoms with E-state index in [1.54, 1.807) is 0 Å². The van der Waals surface area contributed by atoms with E-state index < -0.39 is 0 Å². The number of hydrogen-bond acceptors (Lipinski definition) is 0. The Bertz CT molecular complexity index is 1430. The quantitative estimate of drug-likeness (QED) is 0.247. The molecule has 62 heavy (non-hydrogen) atoms. The van der Waals surface area contributed by atoms with Crippen LogP contribution in [0.25, 0.3) is 0 Å². The molecule has 3 aliphatic rings. The lowest BCUT2D eigenvalue weighted by Crippen LogP contribution is -2.23. The normalized spacial score (nSPS) is 25.6. The molecular formula is C62H122. The van der Waals surface area contributed by atoms with Gasteiger partial charge < -0.3 is 0 Å². The minimum absolute atomic E-state index is 0. The van der Waals surface area contributed by atoms with Gasteiger partial charge in [0.2, 0.25) is 0 Å². The standard InChI is InChI=1S/2C12H18.3C11H22.5CH4/c1-9-6-7-11(8-10(9)2)12(3,4)5;1-9-7-6-8-11(10(9)2)12(3,4)5;1-8-6-10(7-9(8)2)11(3,4)5;1-8-6-9(2)10(7-8)11(3,4)5;1-8-6-7-10(9(8)2)11(3,4)5;;;;;/h2*6-8H,1-5H3;3*8-10H,6-7H2,1-5H3;5*1H4. The maximum atomic E-state index is 2.42. The Morgan fingerprint density at radius 3 is 1.15 bits per heavy atom.